The fraction of sp³-hybridized carbons (Fsp3) is 0.529. The normalized spacial score (nSPS) is 17.0. The van der Waals surface area contributed by atoms with Gasteiger partial charge in [-0.25, -0.2) is 0 Å². The lowest BCUT2D eigenvalue weighted by Crippen LogP contribution is -2.43. The Bertz CT molecular complexity index is 502. The molecule has 22 heavy (non-hydrogen) atoms. The van der Waals surface area contributed by atoms with Gasteiger partial charge in [0.15, 0.2) is 5.82 Å². The Balaban J connectivity index is 2.10. The number of nitro groups is 1. The fourth-order valence-corrected chi connectivity index (χ4v) is 2.88. The minimum atomic E-state index is -0.328. The number of benzene rings is 1. The summed E-state index contributed by atoms with van der Waals surface area (Å²) in [6.07, 6.45) is 5.64. The third-order valence-corrected chi connectivity index (χ3v) is 3.97. The van der Waals surface area contributed by atoms with Crippen LogP contribution < -0.4 is 0 Å². The van der Waals surface area contributed by atoms with Crippen molar-refractivity contribution >= 4 is 0 Å². The number of nitrogens with zero attached hydrogens (tertiary/aromatic N) is 3. The van der Waals surface area contributed by atoms with E-state index in [0.717, 1.165) is 51.3 Å². The summed E-state index contributed by atoms with van der Waals surface area (Å²) in [6.45, 7) is 5.59. The van der Waals surface area contributed by atoms with Crippen molar-refractivity contribution in [3.8, 4) is 0 Å². The third kappa shape index (κ3) is 4.76. The zero-order chi connectivity index (χ0) is 15.8. The van der Waals surface area contributed by atoms with Crippen molar-refractivity contribution in [1.29, 1.82) is 0 Å². The second-order valence-electron chi connectivity index (χ2n) is 5.73. The van der Waals surface area contributed by atoms with Crippen LogP contribution in [0.2, 0.25) is 0 Å². The highest BCUT2D eigenvalue weighted by Gasteiger charge is 2.24. The van der Waals surface area contributed by atoms with Crippen LogP contribution in [0, 0.1) is 10.1 Å². The van der Waals surface area contributed by atoms with Gasteiger partial charge in [-0.2, -0.15) is 0 Å². The van der Waals surface area contributed by atoms with Gasteiger partial charge in [-0.05, 0) is 18.4 Å². The molecule has 0 N–H and O–H groups in total. The van der Waals surface area contributed by atoms with Gasteiger partial charge in [0.05, 0.1) is 4.92 Å². The average molecular weight is 303 g/mol. The smallest absolute Gasteiger partial charge is 0.274 e. The molecule has 0 aromatic heterocycles. The van der Waals surface area contributed by atoms with Crippen LogP contribution >= 0.6 is 0 Å². The molecule has 0 bridgehead atoms. The molecule has 0 amide bonds. The Morgan fingerprint density at radius 2 is 1.91 bits per heavy atom. The molecule has 1 saturated heterocycles. The molecule has 1 fully saturated rings. The first-order valence-electron chi connectivity index (χ1n) is 8.10. The van der Waals surface area contributed by atoms with Crippen molar-refractivity contribution in [2.75, 3.05) is 19.6 Å². The van der Waals surface area contributed by atoms with E-state index in [2.05, 4.69) is 28.9 Å². The summed E-state index contributed by atoms with van der Waals surface area (Å²) in [6, 6.07) is 10.1. The summed E-state index contributed by atoms with van der Waals surface area (Å²) in [5, 5.41) is 11.0. The average Bonchev–Trinajstić information content (AvgIpc) is 2.51. The quantitative estimate of drug-likeness (QED) is 0.440. The van der Waals surface area contributed by atoms with Crippen molar-refractivity contribution in [1.82, 2.24) is 9.80 Å². The maximum atomic E-state index is 11.0. The monoisotopic (exact) mass is 303 g/mol. The molecule has 0 saturated carbocycles. The number of hydrogen-bond acceptors (Lipinski definition) is 4. The van der Waals surface area contributed by atoms with E-state index >= 15 is 0 Å². The van der Waals surface area contributed by atoms with E-state index in [0.29, 0.717) is 0 Å². The van der Waals surface area contributed by atoms with Gasteiger partial charge in [0.1, 0.15) is 0 Å². The number of hydrogen-bond donors (Lipinski definition) is 0. The molecule has 1 aliphatic heterocycles. The highest BCUT2D eigenvalue weighted by atomic mass is 16.6. The minimum Gasteiger partial charge on any atom is -0.353 e. The van der Waals surface area contributed by atoms with Crippen LogP contribution in [0.25, 0.3) is 0 Å². The molecule has 1 aromatic carbocycles. The Kier molecular flexibility index (Phi) is 6.25. The lowest BCUT2D eigenvalue weighted by molar-refractivity contribution is -0.405. The van der Waals surface area contributed by atoms with Gasteiger partial charge in [-0.15, -0.1) is 0 Å². The van der Waals surface area contributed by atoms with Crippen LogP contribution in [0.15, 0.2) is 42.4 Å². The van der Waals surface area contributed by atoms with E-state index in [9.17, 15) is 10.1 Å². The Hall–Kier alpha value is -2.04. The molecule has 1 aromatic rings. The summed E-state index contributed by atoms with van der Waals surface area (Å²) in [5.74, 6) is 0.760. The third-order valence-electron chi connectivity index (χ3n) is 3.97. The van der Waals surface area contributed by atoms with Crippen molar-refractivity contribution in [3.05, 3.63) is 58.0 Å². The zero-order valence-electron chi connectivity index (χ0n) is 13.3. The highest BCUT2D eigenvalue weighted by Crippen LogP contribution is 2.21. The summed E-state index contributed by atoms with van der Waals surface area (Å²) in [7, 11) is 0. The van der Waals surface area contributed by atoms with E-state index in [1.807, 2.05) is 18.2 Å². The van der Waals surface area contributed by atoms with Gasteiger partial charge in [0, 0.05) is 26.2 Å². The van der Waals surface area contributed by atoms with Gasteiger partial charge in [0.25, 0.3) is 6.20 Å². The largest absolute Gasteiger partial charge is 0.353 e. The fourth-order valence-electron chi connectivity index (χ4n) is 2.88. The van der Waals surface area contributed by atoms with Crippen LogP contribution in [0.3, 0.4) is 0 Å². The lowest BCUT2D eigenvalue weighted by atomic mass is 10.1. The number of rotatable bonds is 7. The van der Waals surface area contributed by atoms with Crippen molar-refractivity contribution in [3.63, 3.8) is 0 Å². The first-order valence-corrected chi connectivity index (χ1v) is 8.10. The van der Waals surface area contributed by atoms with Crippen LogP contribution in [0.5, 0.6) is 0 Å². The van der Waals surface area contributed by atoms with Gasteiger partial charge in [-0.3, -0.25) is 10.1 Å². The molecular formula is C17H25N3O2. The van der Waals surface area contributed by atoms with E-state index in [-0.39, 0.29) is 4.92 Å². The second-order valence-corrected chi connectivity index (χ2v) is 5.73. The number of unbranched alkanes of at least 4 members (excludes halogenated alkanes) is 2. The van der Waals surface area contributed by atoms with E-state index in [1.165, 1.54) is 18.2 Å². The van der Waals surface area contributed by atoms with Crippen molar-refractivity contribution < 1.29 is 4.92 Å². The maximum Gasteiger partial charge on any atom is 0.274 e. The first kappa shape index (κ1) is 16.3. The standard InChI is InChI=1S/C17H25N3O2/c1-2-3-7-11-18-12-8-13-19(17(18)15-20(21)22)14-16-9-5-4-6-10-16/h4-6,9-10,15H,2-3,7-8,11-14H2,1H3. The molecule has 5 heteroatoms. The molecule has 0 spiro atoms. The Morgan fingerprint density at radius 1 is 1.18 bits per heavy atom. The molecule has 0 aliphatic carbocycles. The Labute approximate surface area is 132 Å². The van der Waals surface area contributed by atoms with E-state index in [1.54, 1.807) is 0 Å². The second kappa shape index (κ2) is 8.41. The van der Waals surface area contributed by atoms with Gasteiger partial charge >= 0.3 is 0 Å². The van der Waals surface area contributed by atoms with Crippen LogP contribution in [0.1, 0.15) is 38.2 Å². The molecular weight excluding hydrogens is 278 g/mol. The van der Waals surface area contributed by atoms with Gasteiger partial charge in [-0.1, -0.05) is 50.1 Å². The predicted molar refractivity (Wildman–Crippen MR) is 87.6 cm³/mol. The molecule has 2 rings (SSSR count). The van der Waals surface area contributed by atoms with Gasteiger partial charge in [0.2, 0.25) is 0 Å². The highest BCUT2D eigenvalue weighted by molar-refractivity contribution is 5.16. The van der Waals surface area contributed by atoms with Crippen molar-refractivity contribution in [2.45, 2.75) is 39.2 Å². The summed E-state index contributed by atoms with van der Waals surface area (Å²) >= 11 is 0. The molecule has 120 valence electrons. The molecule has 5 nitrogen and oxygen atoms in total. The molecule has 1 aliphatic rings. The van der Waals surface area contributed by atoms with Gasteiger partial charge < -0.3 is 9.80 Å². The van der Waals surface area contributed by atoms with Crippen LogP contribution in [-0.2, 0) is 6.54 Å². The van der Waals surface area contributed by atoms with Crippen LogP contribution in [-0.4, -0.2) is 34.4 Å². The molecule has 0 unspecified atom stereocenters. The lowest BCUT2D eigenvalue weighted by Gasteiger charge is -2.39. The Morgan fingerprint density at radius 3 is 2.59 bits per heavy atom. The summed E-state index contributed by atoms with van der Waals surface area (Å²) in [4.78, 5) is 15.0. The summed E-state index contributed by atoms with van der Waals surface area (Å²) in [5.41, 5.74) is 1.19. The predicted octanol–water partition coefficient (Wildman–Crippen LogP) is 3.46. The zero-order valence-corrected chi connectivity index (χ0v) is 13.3. The molecule has 0 atom stereocenters. The van der Waals surface area contributed by atoms with Crippen LogP contribution in [0.4, 0.5) is 0 Å². The topological polar surface area (TPSA) is 49.6 Å². The first-order chi connectivity index (χ1) is 10.7. The molecule has 1 heterocycles. The summed E-state index contributed by atoms with van der Waals surface area (Å²) < 4.78 is 0. The minimum absolute atomic E-state index is 0.328. The maximum absolute atomic E-state index is 11.0. The van der Waals surface area contributed by atoms with E-state index in [4.69, 9.17) is 0 Å². The SMILES string of the molecule is CCCCCN1CCCN(Cc2ccccc2)C1=C[N+](=O)[O-]. The van der Waals surface area contributed by atoms with Crippen molar-refractivity contribution in [2.24, 2.45) is 0 Å². The van der Waals surface area contributed by atoms with E-state index < -0.39 is 0 Å². The molecule has 0 radical (unpaired) electrons.